The van der Waals surface area contributed by atoms with Crippen LogP contribution >= 0.6 is 0 Å². The molecule has 0 saturated carbocycles. The molecule has 0 saturated heterocycles. The van der Waals surface area contributed by atoms with Crippen LogP contribution in [-0.2, 0) is 0 Å². The molecule has 0 aromatic carbocycles. The summed E-state index contributed by atoms with van der Waals surface area (Å²) >= 11 is 0. The molecule has 2 nitrogen and oxygen atoms in total. The second-order valence-corrected chi connectivity index (χ2v) is 4.91. The molecule has 0 atom stereocenters. The number of allylic oxidation sites excluding steroid dienone is 1. The molecule has 2 N–H and O–H groups in total. The quantitative estimate of drug-likeness (QED) is 0.436. The van der Waals surface area contributed by atoms with E-state index >= 15 is 0 Å². The van der Waals surface area contributed by atoms with Crippen LogP contribution in [0.5, 0.6) is 0 Å². The molecular weight excluding hydrogens is 120 g/mol. The van der Waals surface area contributed by atoms with Gasteiger partial charge in [0, 0.05) is 6.04 Å². The van der Waals surface area contributed by atoms with Crippen LogP contribution in [0.2, 0.25) is 12.1 Å². The molecule has 0 fully saturated rings. The Morgan fingerprint density at radius 3 is 2.25 bits per heavy atom. The summed E-state index contributed by atoms with van der Waals surface area (Å²) < 4.78 is 0. The van der Waals surface area contributed by atoms with Crippen molar-refractivity contribution in [1.82, 2.24) is 0 Å². The van der Waals surface area contributed by atoms with Crippen LogP contribution in [0.25, 0.3) is 0 Å². The van der Waals surface area contributed by atoms with Crippen LogP contribution in [0.1, 0.15) is 6.92 Å². The zero-order chi connectivity index (χ0) is 6.62. The molecule has 0 aliphatic rings. The second-order valence-electron chi connectivity index (χ2n) is 1.83. The van der Waals surface area contributed by atoms with Gasteiger partial charge in [-0.25, -0.2) is 0 Å². The molecule has 0 amide bonds. The molecular formula is C5H12O2Si. The Hall–Kier alpha value is -0.123. The second kappa shape index (κ2) is 3.01. The number of hydrogen-bond donors (Lipinski definition) is 2. The normalized spacial score (nSPS) is 11.4. The van der Waals surface area contributed by atoms with E-state index < -0.39 is 8.56 Å². The fourth-order valence-corrected chi connectivity index (χ4v) is 1.13. The van der Waals surface area contributed by atoms with Crippen molar-refractivity contribution in [3.05, 3.63) is 12.7 Å². The number of hydrogen-bond acceptors (Lipinski definition) is 2. The molecule has 8 heavy (non-hydrogen) atoms. The molecule has 0 aromatic heterocycles. The summed E-state index contributed by atoms with van der Waals surface area (Å²) in [5.74, 6) is 0. The molecule has 0 aromatic rings. The summed E-state index contributed by atoms with van der Waals surface area (Å²) in [4.78, 5) is 17.9. The molecule has 0 bridgehead atoms. The van der Waals surface area contributed by atoms with E-state index in [-0.39, 0.29) is 0 Å². The van der Waals surface area contributed by atoms with Crippen LogP contribution in [0, 0.1) is 0 Å². The number of rotatable bonds is 3. The van der Waals surface area contributed by atoms with Gasteiger partial charge >= 0.3 is 8.56 Å². The third kappa shape index (κ3) is 2.96. The average Bonchev–Trinajstić information content (AvgIpc) is 1.67. The first kappa shape index (κ1) is 7.88. The van der Waals surface area contributed by atoms with Gasteiger partial charge in [0.25, 0.3) is 0 Å². The third-order valence-electron chi connectivity index (χ3n) is 1.04. The van der Waals surface area contributed by atoms with Crippen molar-refractivity contribution >= 4 is 8.56 Å². The highest BCUT2D eigenvalue weighted by atomic mass is 28.4. The zero-order valence-corrected chi connectivity index (χ0v) is 6.09. The summed E-state index contributed by atoms with van der Waals surface area (Å²) in [5, 5.41) is 0. The van der Waals surface area contributed by atoms with Gasteiger partial charge < -0.3 is 9.59 Å². The summed E-state index contributed by atoms with van der Waals surface area (Å²) in [6.45, 7) is 5.18. The average molecular weight is 132 g/mol. The minimum atomic E-state index is -2.80. The maximum atomic E-state index is 8.95. The highest BCUT2D eigenvalue weighted by molar-refractivity contribution is 6.64. The lowest BCUT2D eigenvalue weighted by Crippen LogP contribution is -2.32. The Morgan fingerprint density at radius 2 is 2.12 bits per heavy atom. The molecule has 0 radical (unpaired) electrons. The van der Waals surface area contributed by atoms with E-state index in [4.69, 9.17) is 9.59 Å². The summed E-state index contributed by atoms with van der Waals surface area (Å²) in [6.07, 6.45) is 1.55. The van der Waals surface area contributed by atoms with Gasteiger partial charge in [0.2, 0.25) is 0 Å². The fraction of sp³-hybridized carbons (Fsp3) is 0.600. The predicted molar refractivity (Wildman–Crippen MR) is 35.7 cm³/mol. The van der Waals surface area contributed by atoms with E-state index in [0.29, 0.717) is 12.1 Å². The first-order valence-corrected chi connectivity index (χ1v) is 4.99. The maximum absolute atomic E-state index is 8.95. The monoisotopic (exact) mass is 132 g/mol. The van der Waals surface area contributed by atoms with Crippen molar-refractivity contribution in [2.45, 2.75) is 19.0 Å². The Bertz CT molecular complexity index is 80.5. The van der Waals surface area contributed by atoms with Gasteiger partial charge in [0.15, 0.2) is 0 Å². The Balaban J connectivity index is 3.53. The van der Waals surface area contributed by atoms with E-state index in [1.807, 2.05) is 0 Å². The molecule has 0 spiro atoms. The van der Waals surface area contributed by atoms with E-state index in [1.165, 1.54) is 0 Å². The summed E-state index contributed by atoms with van der Waals surface area (Å²) in [7, 11) is -2.80. The van der Waals surface area contributed by atoms with Gasteiger partial charge in [-0.15, -0.1) is 6.58 Å². The first-order chi connectivity index (χ1) is 3.62. The van der Waals surface area contributed by atoms with E-state index in [1.54, 1.807) is 13.0 Å². The Morgan fingerprint density at radius 1 is 1.62 bits per heavy atom. The van der Waals surface area contributed by atoms with Gasteiger partial charge in [-0.1, -0.05) is 13.0 Å². The maximum Gasteiger partial charge on any atom is 0.336 e. The van der Waals surface area contributed by atoms with Gasteiger partial charge in [-0.2, -0.15) is 0 Å². The van der Waals surface area contributed by atoms with Crippen LogP contribution in [0.3, 0.4) is 0 Å². The van der Waals surface area contributed by atoms with Crippen LogP contribution in [0.15, 0.2) is 12.7 Å². The molecule has 0 unspecified atom stereocenters. The summed E-state index contributed by atoms with van der Waals surface area (Å²) in [6, 6.07) is 0.864. The Labute approximate surface area is 50.7 Å². The zero-order valence-electron chi connectivity index (χ0n) is 5.09. The minimum Gasteiger partial charge on any atom is -0.410 e. The Kier molecular flexibility index (Phi) is 2.97. The van der Waals surface area contributed by atoms with Crippen molar-refractivity contribution in [2.75, 3.05) is 0 Å². The highest BCUT2D eigenvalue weighted by Crippen LogP contribution is 2.06. The highest BCUT2D eigenvalue weighted by Gasteiger charge is 2.23. The van der Waals surface area contributed by atoms with Crippen LogP contribution in [0.4, 0.5) is 0 Å². The van der Waals surface area contributed by atoms with E-state index in [9.17, 15) is 0 Å². The van der Waals surface area contributed by atoms with Crippen molar-refractivity contribution in [3.8, 4) is 0 Å². The molecule has 0 rings (SSSR count). The predicted octanol–water partition coefficient (Wildman–Crippen LogP) is 0.619. The lowest BCUT2D eigenvalue weighted by atomic mass is 10.8. The van der Waals surface area contributed by atoms with Crippen molar-refractivity contribution < 1.29 is 9.59 Å². The third-order valence-corrected chi connectivity index (χ3v) is 3.11. The first-order valence-electron chi connectivity index (χ1n) is 2.68. The van der Waals surface area contributed by atoms with Crippen molar-refractivity contribution in [2.24, 2.45) is 0 Å². The standard InChI is InChI=1S/C5H12O2Si/c1-3-5-8(6,7)4-2/h3,6-7H,1,4-5H2,2H3. The fourth-order valence-electron chi connectivity index (χ4n) is 0.375. The van der Waals surface area contributed by atoms with Crippen molar-refractivity contribution in [1.29, 1.82) is 0 Å². The molecule has 3 heteroatoms. The molecule has 0 heterocycles. The largest absolute Gasteiger partial charge is 0.410 e. The van der Waals surface area contributed by atoms with Gasteiger partial charge in [-0.05, 0) is 6.04 Å². The molecule has 0 aliphatic heterocycles. The topological polar surface area (TPSA) is 40.5 Å². The smallest absolute Gasteiger partial charge is 0.336 e. The van der Waals surface area contributed by atoms with E-state index in [2.05, 4.69) is 6.58 Å². The van der Waals surface area contributed by atoms with Crippen molar-refractivity contribution in [3.63, 3.8) is 0 Å². The van der Waals surface area contributed by atoms with Gasteiger partial charge in [-0.3, -0.25) is 0 Å². The lowest BCUT2D eigenvalue weighted by Gasteiger charge is -2.11. The minimum absolute atomic E-state index is 0.378. The van der Waals surface area contributed by atoms with Crippen LogP contribution < -0.4 is 0 Å². The van der Waals surface area contributed by atoms with Gasteiger partial charge in [0.05, 0.1) is 0 Å². The lowest BCUT2D eigenvalue weighted by molar-refractivity contribution is 0.366. The summed E-state index contributed by atoms with van der Waals surface area (Å²) in [5.41, 5.74) is 0. The van der Waals surface area contributed by atoms with Crippen LogP contribution in [-0.4, -0.2) is 18.2 Å². The van der Waals surface area contributed by atoms with E-state index in [0.717, 1.165) is 0 Å². The van der Waals surface area contributed by atoms with Gasteiger partial charge in [0.1, 0.15) is 0 Å². The SMILES string of the molecule is C=CC[Si](O)(O)CC. The molecule has 0 aliphatic carbocycles. The molecule has 48 valence electrons.